The number of allylic oxidation sites excluding steroid dienone is 1. The van der Waals surface area contributed by atoms with Crippen molar-refractivity contribution in [2.75, 3.05) is 5.75 Å². The zero-order valence-corrected chi connectivity index (χ0v) is 14.4. The van der Waals surface area contributed by atoms with E-state index < -0.39 is 0 Å². The number of nitrogens with zero attached hydrogens (tertiary/aromatic N) is 4. The lowest BCUT2D eigenvalue weighted by Gasteiger charge is -2.18. The summed E-state index contributed by atoms with van der Waals surface area (Å²) in [5, 5.41) is 9.62. The second kappa shape index (κ2) is 6.84. The molecule has 0 amide bonds. The molecule has 0 N–H and O–H groups in total. The van der Waals surface area contributed by atoms with Gasteiger partial charge in [-0.3, -0.25) is 9.55 Å². The van der Waals surface area contributed by atoms with E-state index in [1.165, 1.54) is 0 Å². The Morgan fingerprint density at radius 3 is 2.83 bits per heavy atom. The molecule has 23 heavy (non-hydrogen) atoms. The van der Waals surface area contributed by atoms with Crippen LogP contribution in [0.5, 0.6) is 0 Å². The van der Waals surface area contributed by atoms with Crippen molar-refractivity contribution in [1.82, 2.24) is 19.7 Å². The van der Waals surface area contributed by atoms with Crippen molar-refractivity contribution in [3.05, 3.63) is 37.2 Å². The number of aromatic nitrogens is 4. The van der Waals surface area contributed by atoms with E-state index in [1.54, 1.807) is 24.2 Å². The Morgan fingerprint density at radius 1 is 1.39 bits per heavy atom. The van der Waals surface area contributed by atoms with Gasteiger partial charge in [-0.05, 0) is 38.8 Å². The Kier molecular flexibility index (Phi) is 4.82. The summed E-state index contributed by atoms with van der Waals surface area (Å²) >= 11 is 1.70. The topological polar surface area (TPSA) is 52.8 Å². The normalized spacial score (nSPS) is 19.8. The van der Waals surface area contributed by atoms with E-state index in [1.807, 2.05) is 18.2 Å². The van der Waals surface area contributed by atoms with E-state index >= 15 is 0 Å². The van der Waals surface area contributed by atoms with Gasteiger partial charge in [-0.1, -0.05) is 17.8 Å². The second-order valence-corrected chi connectivity index (χ2v) is 7.28. The second-order valence-electron chi connectivity index (χ2n) is 6.29. The molecular weight excluding hydrogens is 308 g/mol. The highest BCUT2D eigenvalue weighted by Crippen LogP contribution is 2.33. The minimum atomic E-state index is 0.00220. The molecule has 1 saturated heterocycles. The molecule has 3 rings (SSSR count). The van der Waals surface area contributed by atoms with Crippen LogP contribution in [0.2, 0.25) is 0 Å². The standard InChI is InChI=1S/C17H22N4OS/c1-4-11-21-15(13-6-9-18-10-7-13)19-20-16(21)23-12-14-5-8-17(2,3)22-14/h4,6-7,9-10,14H,1,5,8,11-12H2,2-3H3/t14-/m1/s1. The zero-order chi connectivity index (χ0) is 16.3. The Morgan fingerprint density at radius 2 is 2.17 bits per heavy atom. The van der Waals surface area contributed by atoms with Gasteiger partial charge in [-0.15, -0.1) is 16.8 Å². The molecule has 1 aliphatic rings. The molecule has 0 unspecified atom stereocenters. The van der Waals surface area contributed by atoms with E-state index in [0.29, 0.717) is 6.54 Å². The minimum absolute atomic E-state index is 0.00220. The van der Waals surface area contributed by atoms with E-state index in [-0.39, 0.29) is 11.7 Å². The predicted octanol–water partition coefficient (Wildman–Crippen LogP) is 3.58. The van der Waals surface area contributed by atoms with Crippen LogP contribution in [0.3, 0.4) is 0 Å². The van der Waals surface area contributed by atoms with Crippen LogP contribution >= 0.6 is 11.8 Å². The van der Waals surface area contributed by atoms with E-state index in [4.69, 9.17) is 4.74 Å². The number of hydrogen-bond acceptors (Lipinski definition) is 5. The molecule has 0 aliphatic carbocycles. The molecular formula is C17H22N4OS. The fourth-order valence-electron chi connectivity index (χ4n) is 2.77. The molecule has 0 spiro atoms. The van der Waals surface area contributed by atoms with Crippen molar-refractivity contribution < 1.29 is 4.74 Å². The summed E-state index contributed by atoms with van der Waals surface area (Å²) in [6.45, 7) is 8.83. The smallest absolute Gasteiger partial charge is 0.191 e. The quantitative estimate of drug-likeness (QED) is 0.598. The first-order valence-corrected chi connectivity index (χ1v) is 8.83. The van der Waals surface area contributed by atoms with Gasteiger partial charge < -0.3 is 4.74 Å². The molecule has 1 atom stereocenters. The summed E-state index contributed by atoms with van der Waals surface area (Å²) in [4.78, 5) is 4.06. The highest BCUT2D eigenvalue weighted by atomic mass is 32.2. The Balaban J connectivity index is 1.75. The average molecular weight is 330 g/mol. The molecule has 2 aromatic heterocycles. The third-order valence-electron chi connectivity index (χ3n) is 3.92. The maximum Gasteiger partial charge on any atom is 0.191 e. The first-order chi connectivity index (χ1) is 11.1. The van der Waals surface area contributed by atoms with Crippen LogP contribution in [-0.2, 0) is 11.3 Å². The molecule has 0 aromatic carbocycles. The number of rotatable bonds is 6. The molecule has 0 saturated carbocycles. The summed E-state index contributed by atoms with van der Waals surface area (Å²) in [7, 11) is 0. The largest absolute Gasteiger partial charge is 0.371 e. The number of thioether (sulfide) groups is 1. The lowest BCUT2D eigenvalue weighted by atomic mass is 10.1. The predicted molar refractivity (Wildman–Crippen MR) is 92.4 cm³/mol. The summed E-state index contributed by atoms with van der Waals surface area (Å²) in [5.74, 6) is 1.75. The number of pyridine rings is 1. The van der Waals surface area contributed by atoms with E-state index in [2.05, 4.69) is 40.2 Å². The van der Waals surface area contributed by atoms with Gasteiger partial charge >= 0.3 is 0 Å². The van der Waals surface area contributed by atoms with Gasteiger partial charge in [0.2, 0.25) is 0 Å². The van der Waals surface area contributed by atoms with Crippen molar-refractivity contribution in [1.29, 1.82) is 0 Å². The molecule has 122 valence electrons. The van der Waals surface area contributed by atoms with E-state index in [9.17, 15) is 0 Å². The minimum Gasteiger partial charge on any atom is -0.371 e. The fraction of sp³-hybridized carbons (Fsp3) is 0.471. The first-order valence-electron chi connectivity index (χ1n) is 7.84. The van der Waals surface area contributed by atoms with Gasteiger partial charge in [-0.25, -0.2) is 0 Å². The summed E-state index contributed by atoms with van der Waals surface area (Å²) in [5.41, 5.74) is 1.02. The summed E-state index contributed by atoms with van der Waals surface area (Å²) < 4.78 is 8.15. The molecule has 2 aromatic rings. The van der Waals surface area contributed by atoms with Gasteiger partial charge in [0.1, 0.15) is 0 Å². The van der Waals surface area contributed by atoms with Crippen molar-refractivity contribution in [2.45, 2.75) is 50.1 Å². The Bertz CT molecular complexity index is 668. The lowest BCUT2D eigenvalue weighted by molar-refractivity contribution is -0.00469. The van der Waals surface area contributed by atoms with Crippen LogP contribution in [0.1, 0.15) is 26.7 Å². The Hall–Kier alpha value is -1.66. The number of hydrogen-bond donors (Lipinski definition) is 0. The van der Waals surface area contributed by atoms with Crippen LogP contribution < -0.4 is 0 Å². The molecule has 5 nitrogen and oxygen atoms in total. The fourth-order valence-corrected chi connectivity index (χ4v) is 3.75. The van der Waals surface area contributed by atoms with Crippen molar-refractivity contribution in [2.24, 2.45) is 0 Å². The van der Waals surface area contributed by atoms with Gasteiger partial charge in [0, 0.05) is 30.3 Å². The van der Waals surface area contributed by atoms with Gasteiger partial charge in [0.05, 0.1) is 11.7 Å². The molecule has 3 heterocycles. The highest BCUT2D eigenvalue weighted by Gasteiger charge is 2.31. The monoisotopic (exact) mass is 330 g/mol. The first kappa shape index (κ1) is 16.2. The summed E-state index contributed by atoms with van der Waals surface area (Å²) in [6, 6.07) is 3.89. The zero-order valence-electron chi connectivity index (χ0n) is 13.6. The highest BCUT2D eigenvalue weighted by molar-refractivity contribution is 7.99. The molecule has 0 bridgehead atoms. The Labute approximate surface area is 141 Å². The van der Waals surface area contributed by atoms with Crippen LogP contribution in [0.15, 0.2) is 42.3 Å². The van der Waals surface area contributed by atoms with Crippen molar-refractivity contribution >= 4 is 11.8 Å². The average Bonchev–Trinajstić information content (AvgIpc) is 3.10. The van der Waals surface area contributed by atoms with Gasteiger partial charge in [0.15, 0.2) is 11.0 Å². The van der Waals surface area contributed by atoms with E-state index in [0.717, 1.165) is 35.1 Å². The van der Waals surface area contributed by atoms with Crippen LogP contribution in [0, 0.1) is 0 Å². The van der Waals surface area contributed by atoms with Crippen molar-refractivity contribution in [3.63, 3.8) is 0 Å². The van der Waals surface area contributed by atoms with Crippen LogP contribution in [-0.4, -0.2) is 37.2 Å². The van der Waals surface area contributed by atoms with Crippen molar-refractivity contribution in [3.8, 4) is 11.4 Å². The molecule has 1 fully saturated rings. The molecule has 0 radical (unpaired) electrons. The molecule has 1 aliphatic heterocycles. The van der Waals surface area contributed by atoms with Gasteiger partial charge in [0.25, 0.3) is 0 Å². The number of ether oxygens (including phenoxy) is 1. The molecule has 6 heteroatoms. The van der Waals surface area contributed by atoms with Crippen LogP contribution in [0.25, 0.3) is 11.4 Å². The third kappa shape index (κ3) is 3.82. The van der Waals surface area contributed by atoms with Gasteiger partial charge in [-0.2, -0.15) is 0 Å². The summed E-state index contributed by atoms with van der Waals surface area (Å²) in [6.07, 6.45) is 7.90. The third-order valence-corrected chi connectivity index (χ3v) is 5.02. The maximum atomic E-state index is 6.06. The maximum absolute atomic E-state index is 6.06. The lowest BCUT2D eigenvalue weighted by Crippen LogP contribution is -2.21. The SMILES string of the molecule is C=CCn1c(SC[C@H]2CCC(C)(C)O2)nnc1-c1ccncc1. The van der Waals surface area contributed by atoms with Crippen LogP contribution in [0.4, 0.5) is 0 Å².